The molecule has 0 saturated carbocycles. The van der Waals surface area contributed by atoms with Crippen LogP contribution < -0.4 is 0 Å². The molecular formula is C11H8N2O2. The highest BCUT2D eigenvalue weighted by Gasteiger charge is 2.20. The Hall–Kier alpha value is -2.10. The number of rotatable bonds is 3. The Labute approximate surface area is 86.3 Å². The first-order valence-corrected chi connectivity index (χ1v) is 4.49. The van der Waals surface area contributed by atoms with Crippen molar-refractivity contribution < 1.29 is 9.59 Å². The van der Waals surface area contributed by atoms with Gasteiger partial charge < -0.3 is 0 Å². The van der Waals surface area contributed by atoms with E-state index in [1.807, 2.05) is 30.3 Å². The lowest BCUT2D eigenvalue weighted by molar-refractivity contribution is -0.116. The molecule has 4 heteroatoms. The van der Waals surface area contributed by atoms with Gasteiger partial charge in [0, 0.05) is 6.42 Å². The molecule has 0 N–H and O–H groups in total. The van der Waals surface area contributed by atoms with E-state index in [0.29, 0.717) is 18.4 Å². The van der Waals surface area contributed by atoms with Crippen molar-refractivity contribution in [2.75, 3.05) is 0 Å². The molecule has 0 radical (unpaired) electrons. The van der Waals surface area contributed by atoms with Crippen molar-refractivity contribution in [1.29, 1.82) is 0 Å². The largest absolute Gasteiger partial charge is 0.300 e. The Morgan fingerprint density at radius 1 is 1.13 bits per heavy atom. The molecule has 1 aliphatic rings. The molecule has 1 aromatic rings. The fourth-order valence-electron chi connectivity index (χ4n) is 1.38. The van der Waals surface area contributed by atoms with Crippen molar-refractivity contribution in [2.45, 2.75) is 6.42 Å². The third kappa shape index (κ3) is 1.88. The number of allylic oxidation sites excluding steroid dienone is 1. The molecule has 0 spiro atoms. The van der Waals surface area contributed by atoms with Gasteiger partial charge in [-0.1, -0.05) is 30.3 Å². The lowest BCUT2D eigenvalue weighted by Gasteiger charge is -1.98. The zero-order valence-corrected chi connectivity index (χ0v) is 7.88. The van der Waals surface area contributed by atoms with Crippen molar-refractivity contribution in [1.82, 2.24) is 0 Å². The van der Waals surface area contributed by atoms with Gasteiger partial charge in [-0.15, -0.1) is 5.11 Å². The minimum atomic E-state index is -0.545. The van der Waals surface area contributed by atoms with E-state index in [-0.39, 0.29) is 5.57 Å². The highest BCUT2D eigenvalue weighted by Crippen LogP contribution is 2.19. The highest BCUT2D eigenvalue weighted by atomic mass is 16.2. The number of carbonyl (C=O) groups excluding carboxylic acids is 2. The van der Waals surface area contributed by atoms with E-state index in [0.717, 1.165) is 5.56 Å². The van der Waals surface area contributed by atoms with Crippen LogP contribution in [0.4, 0.5) is 0 Å². The van der Waals surface area contributed by atoms with Gasteiger partial charge in [0.15, 0.2) is 6.29 Å². The summed E-state index contributed by atoms with van der Waals surface area (Å²) in [6, 6.07) is 9.51. The van der Waals surface area contributed by atoms with E-state index in [2.05, 4.69) is 10.2 Å². The minimum Gasteiger partial charge on any atom is -0.298 e. The summed E-state index contributed by atoms with van der Waals surface area (Å²) in [5.74, 6) is -0.545. The van der Waals surface area contributed by atoms with E-state index in [9.17, 15) is 9.59 Å². The first-order chi connectivity index (χ1) is 7.31. The van der Waals surface area contributed by atoms with Crippen LogP contribution in [0.2, 0.25) is 0 Å². The summed E-state index contributed by atoms with van der Waals surface area (Å²) in [4.78, 5) is 21.7. The van der Waals surface area contributed by atoms with E-state index < -0.39 is 5.91 Å². The topological polar surface area (TPSA) is 58.9 Å². The molecule has 1 aromatic carbocycles. The molecule has 0 aliphatic carbocycles. The molecule has 4 nitrogen and oxygen atoms in total. The maximum atomic E-state index is 11.1. The average Bonchev–Trinajstić information content (AvgIpc) is 2.61. The second kappa shape index (κ2) is 3.96. The molecule has 0 bridgehead atoms. The quantitative estimate of drug-likeness (QED) is 0.550. The highest BCUT2D eigenvalue weighted by molar-refractivity contribution is 6.12. The first kappa shape index (κ1) is 9.45. The van der Waals surface area contributed by atoms with Crippen LogP contribution in [0.3, 0.4) is 0 Å². The van der Waals surface area contributed by atoms with Crippen molar-refractivity contribution in [3.05, 3.63) is 47.2 Å². The molecular weight excluding hydrogens is 192 g/mol. The Bertz CT molecular complexity index is 461. The fraction of sp³-hybridized carbons (Fsp3) is 0.0909. The molecule has 1 amide bonds. The Balaban J connectivity index is 2.26. The smallest absolute Gasteiger partial charge is 0.298 e. The van der Waals surface area contributed by atoms with Gasteiger partial charge >= 0.3 is 5.91 Å². The van der Waals surface area contributed by atoms with Gasteiger partial charge in [-0.2, -0.15) is 5.11 Å². The zero-order valence-electron chi connectivity index (χ0n) is 7.88. The molecule has 74 valence electrons. The zero-order chi connectivity index (χ0) is 10.7. The van der Waals surface area contributed by atoms with Gasteiger partial charge in [-0.3, -0.25) is 9.59 Å². The van der Waals surface area contributed by atoms with E-state index in [1.165, 1.54) is 0 Å². The Morgan fingerprint density at radius 2 is 1.87 bits per heavy atom. The van der Waals surface area contributed by atoms with Crippen molar-refractivity contribution in [2.24, 2.45) is 10.2 Å². The third-order valence-corrected chi connectivity index (χ3v) is 2.14. The summed E-state index contributed by atoms with van der Waals surface area (Å²) >= 11 is 0. The van der Waals surface area contributed by atoms with Gasteiger partial charge in [0.1, 0.15) is 5.57 Å². The molecule has 0 aromatic heterocycles. The van der Waals surface area contributed by atoms with E-state index in [4.69, 9.17) is 0 Å². The number of nitrogens with zero attached hydrogens (tertiary/aromatic N) is 2. The third-order valence-electron chi connectivity index (χ3n) is 2.14. The molecule has 0 saturated heterocycles. The number of amides is 1. The second-order valence-electron chi connectivity index (χ2n) is 3.15. The second-order valence-corrected chi connectivity index (χ2v) is 3.15. The molecule has 0 fully saturated rings. The van der Waals surface area contributed by atoms with Crippen LogP contribution in [0.5, 0.6) is 0 Å². The number of benzene rings is 1. The lowest BCUT2D eigenvalue weighted by atomic mass is 10.1. The standard InChI is InChI=1S/C11H8N2O2/c14-7-9-10(12-13-11(9)15)6-8-4-2-1-3-5-8/h1-5,7H,6H2. The molecule has 0 unspecified atom stereocenters. The molecule has 0 atom stereocenters. The minimum absolute atomic E-state index is 0.0684. The number of hydrogen-bond donors (Lipinski definition) is 0. The van der Waals surface area contributed by atoms with Crippen molar-refractivity contribution >= 4 is 12.2 Å². The lowest BCUT2D eigenvalue weighted by Crippen LogP contribution is -1.99. The molecule has 1 heterocycles. The normalized spacial score (nSPS) is 14.8. The maximum absolute atomic E-state index is 11.1. The number of carbonyl (C=O) groups is 2. The van der Waals surface area contributed by atoms with Gasteiger partial charge in [-0.25, -0.2) is 0 Å². The monoisotopic (exact) mass is 200 g/mol. The predicted octanol–water partition coefficient (Wildman–Crippen LogP) is 1.67. The molecule has 1 aliphatic heterocycles. The van der Waals surface area contributed by atoms with Gasteiger partial charge in [-0.05, 0) is 5.56 Å². The van der Waals surface area contributed by atoms with Gasteiger partial charge in [0.25, 0.3) is 0 Å². The number of azo groups is 1. The summed E-state index contributed by atoms with van der Waals surface area (Å²) in [5.41, 5.74) is 1.51. The Morgan fingerprint density at radius 3 is 2.53 bits per heavy atom. The van der Waals surface area contributed by atoms with Crippen LogP contribution in [-0.2, 0) is 16.0 Å². The van der Waals surface area contributed by atoms with E-state index >= 15 is 0 Å². The fourth-order valence-corrected chi connectivity index (χ4v) is 1.38. The van der Waals surface area contributed by atoms with Crippen LogP contribution in [0.15, 0.2) is 51.8 Å². The van der Waals surface area contributed by atoms with Crippen LogP contribution >= 0.6 is 0 Å². The van der Waals surface area contributed by atoms with Crippen LogP contribution in [0, 0.1) is 0 Å². The summed E-state index contributed by atoms with van der Waals surface area (Å²) in [7, 11) is 0. The first-order valence-electron chi connectivity index (χ1n) is 4.49. The van der Waals surface area contributed by atoms with Crippen LogP contribution in [0.1, 0.15) is 5.56 Å². The summed E-state index contributed by atoms with van der Waals surface area (Å²) in [5, 5.41) is 7.03. The summed E-state index contributed by atoms with van der Waals surface area (Å²) in [6.07, 6.45) is 0.977. The maximum Gasteiger partial charge on any atom is 0.300 e. The predicted molar refractivity (Wildman–Crippen MR) is 53.1 cm³/mol. The van der Waals surface area contributed by atoms with Gasteiger partial charge in [0.2, 0.25) is 0 Å². The SMILES string of the molecule is O=CC1=C(Cc2ccccc2)N=NC1=O. The number of aldehydes is 1. The van der Waals surface area contributed by atoms with Crippen LogP contribution in [-0.4, -0.2) is 12.2 Å². The van der Waals surface area contributed by atoms with Crippen molar-refractivity contribution in [3.63, 3.8) is 0 Å². The van der Waals surface area contributed by atoms with Crippen molar-refractivity contribution in [3.8, 4) is 0 Å². The molecule has 2 rings (SSSR count). The summed E-state index contributed by atoms with van der Waals surface area (Å²) < 4.78 is 0. The molecule has 15 heavy (non-hydrogen) atoms. The van der Waals surface area contributed by atoms with Crippen LogP contribution in [0.25, 0.3) is 0 Å². The number of hydrogen-bond acceptors (Lipinski definition) is 3. The van der Waals surface area contributed by atoms with Gasteiger partial charge in [0.05, 0.1) is 5.70 Å². The summed E-state index contributed by atoms with van der Waals surface area (Å²) in [6.45, 7) is 0. The Kier molecular flexibility index (Phi) is 2.49. The van der Waals surface area contributed by atoms with E-state index in [1.54, 1.807) is 0 Å². The average molecular weight is 200 g/mol.